The van der Waals surface area contributed by atoms with E-state index in [0.29, 0.717) is 23.3 Å². The number of aliphatic hydroxyl groups excluding tert-OH is 1. The van der Waals surface area contributed by atoms with E-state index >= 15 is 0 Å². The minimum Gasteiger partial charge on any atom is -0.487 e. The molecule has 4 nitrogen and oxygen atoms in total. The highest BCUT2D eigenvalue weighted by molar-refractivity contribution is 5.45. The molecule has 1 aliphatic rings. The molecule has 0 spiro atoms. The Morgan fingerprint density at radius 2 is 2.31 bits per heavy atom. The van der Waals surface area contributed by atoms with Gasteiger partial charge in [0, 0.05) is 5.56 Å². The van der Waals surface area contributed by atoms with Crippen LogP contribution in [0.2, 0.25) is 0 Å². The molecule has 0 radical (unpaired) electrons. The summed E-state index contributed by atoms with van der Waals surface area (Å²) in [7, 11) is 0. The van der Waals surface area contributed by atoms with Gasteiger partial charge in [-0.3, -0.25) is 0 Å². The van der Waals surface area contributed by atoms with Crippen molar-refractivity contribution in [3.63, 3.8) is 0 Å². The molecule has 1 aromatic rings. The van der Waals surface area contributed by atoms with Gasteiger partial charge in [-0.25, -0.2) is 0 Å². The molecule has 1 aromatic carbocycles. The molecule has 0 bridgehead atoms. The first kappa shape index (κ1) is 10.9. The topological polar surface area (TPSA) is 79.3 Å². The Morgan fingerprint density at radius 3 is 2.94 bits per heavy atom. The maximum atomic E-state index is 9.91. The van der Waals surface area contributed by atoms with Crippen molar-refractivity contribution in [2.45, 2.75) is 31.6 Å². The average molecular weight is 218 g/mol. The van der Waals surface area contributed by atoms with Crippen LogP contribution in [-0.2, 0) is 0 Å². The van der Waals surface area contributed by atoms with Crippen molar-refractivity contribution in [3.8, 4) is 11.8 Å². The lowest BCUT2D eigenvalue weighted by Crippen LogP contribution is -2.43. The third-order valence-electron chi connectivity index (χ3n) is 2.93. The Bertz CT molecular complexity index is 439. The van der Waals surface area contributed by atoms with E-state index in [1.54, 1.807) is 18.2 Å². The van der Waals surface area contributed by atoms with Gasteiger partial charge in [0.2, 0.25) is 0 Å². The molecule has 1 heterocycles. The zero-order valence-electron chi connectivity index (χ0n) is 9.05. The van der Waals surface area contributed by atoms with Gasteiger partial charge in [-0.05, 0) is 24.6 Å². The second-order valence-corrected chi connectivity index (χ2v) is 3.95. The summed E-state index contributed by atoms with van der Waals surface area (Å²) in [5.41, 5.74) is 7.17. The van der Waals surface area contributed by atoms with Crippen LogP contribution in [0, 0.1) is 11.3 Å². The molecule has 84 valence electrons. The summed E-state index contributed by atoms with van der Waals surface area (Å²) >= 11 is 0. The summed E-state index contributed by atoms with van der Waals surface area (Å²) < 4.78 is 5.62. The maximum Gasteiger partial charge on any atom is 0.126 e. The average Bonchev–Trinajstić information content (AvgIpc) is 2.33. The van der Waals surface area contributed by atoms with Gasteiger partial charge in [-0.2, -0.15) is 5.26 Å². The first-order valence-electron chi connectivity index (χ1n) is 5.31. The first-order chi connectivity index (χ1) is 7.67. The zero-order valence-corrected chi connectivity index (χ0v) is 9.05. The SMILES string of the molecule is CC[C@@H]1Oc2ccc(C#N)cc2C(N)[C@H]1O. The molecule has 0 amide bonds. The smallest absolute Gasteiger partial charge is 0.126 e. The number of nitrogens with two attached hydrogens (primary N) is 1. The number of hydrogen-bond donors (Lipinski definition) is 2. The number of nitrogens with zero attached hydrogens (tertiary/aromatic N) is 1. The van der Waals surface area contributed by atoms with E-state index in [2.05, 4.69) is 0 Å². The van der Waals surface area contributed by atoms with Gasteiger partial charge in [0.05, 0.1) is 17.7 Å². The third-order valence-corrected chi connectivity index (χ3v) is 2.93. The lowest BCUT2D eigenvalue weighted by molar-refractivity contribution is 0.000715. The summed E-state index contributed by atoms with van der Waals surface area (Å²) in [5.74, 6) is 0.670. The van der Waals surface area contributed by atoms with Crippen LogP contribution in [0.5, 0.6) is 5.75 Å². The number of fused-ring (bicyclic) bond motifs is 1. The van der Waals surface area contributed by atoms with Crippen molar-refractivity contribution in [1.82, 2.24) is 0 Å². The van der Waals surface area contributed by atoms with Crippen LogP contribution in [-0.4, -0.2) is 17.3 Å². The number of aliphatic hydroxyl groups is 1. The van der Waals surface area contributed by atoms with E-state index in [0.717, 1.165) is 0 Å². The monoisotopic (exact) mass is 218 g/mol. The summed E-state index contributed by atoms with van der Waals surface area (Å²) in [4.78, 5) is 0. The van der Waals surface area contributed by atoms with E-state index in [1.807, 2.05) is 13.0 Å². The van der Waals surface area contributed by atoms with Crippen LogP contribution in [0.1, 0.15) is 30.5 Å². The Labute approximate surface area is 94.3 Å². The number of hydrogen-bond acceptors (Lipinski definition) is 4. The minimum absolute atomic E-state index is 0.268. The van der Waals surface area contributed by atoms with Crippen molar-refractivity contribution in [2.75, 3.05) is 0 Å². The lowest BCUT2D eigenvalue weighted by Gasteiger charge is -2.34. The van der Waals surface area contributed by atoms with E-state index in [-0.39, 0.29) is 6.10 Å². The van der Waals surface area contributed by atoms with Crippen molar-refractivity contribution in [2.24, 2.45) is 5.73 Å². The zero-order chi connectivity index (χ0) is 11.7. The van der Waals surface area contributed by atoms with Crippen LogP contribution in [0.4, 0.5) is 0 Å². The Balaban J connectivity index is 2.43. The fourth-order valence-corrected chi connectivity index (χ4v) is 1.96. The number of rotatable bonds is 1. The van der Waals surface area contributed by atoms with Crippen molar-refractivity contribution < 1.29 is 9.84 Å². The number of ether oxygens (including phenoxy) is 1. The van der Waals surface area contributed by atoms with Gasteiger partial charge in [0.25, 0.3) is 0 Å². The van der Waals surface area contributed by atoms with Gasteiger partial charge in [-0.15, -0.1) is 0 Å². The molecule has 4 heteroatoms. The molecule has 16 heavy (non-hydrogen) atoms. The van der Waals surface area contributed by atoms with Gasteiger partial charge in [-0.1, -0.05) is 6.92 Å². The molecule has 0 aliphatic carbocycles. The summed E-state index contributed by atoms with van der Waals surface area (Å²) in [5, 5.41) is 18.7. The van der Waals surface area contributed by atoms with Crippen LogP contribution < -0.4 is 10.5 Å². The predicted octanol–water partition coefficient (Wildman–Crippen LogP) is 1.09. The molecular formula is C12H14N2O2. The third kappa shape index (κ3) is 1.64. The summed E-state index contributed by atoms with van der Waals surface area (Å²) in [6, 6.07) is 6.67. The largest absolute Gasteiger partial charge is 0.487 e. The van der Waals surface area contributed by atoms with E-state index in [4.69, 9.17) is 15.7 Å². The Morgan fingerprint density at radius 1 is 1.56 bits per heavy atom. The molecule has 1 unspecified atom stereocenters. The minimum atomic E-state index is -0.716. The normalized spacial score (nSPS) is 27.8. The molecule has 2 rings (SSSR count). The van der Waals surface area contributed by atoms with Gasteiger partial charge < -0.3 is 15.6 Å². The molecule has 0 saturated heterocycles. The molecule has 0 saturated carbocycles. The van der Waals surface area contributed by atoms with Gasteiger partial charge >= 0.3 is 0 Å². The van der Waals surface area contributed by atoms with Crippen LogP contribution >= 0.6 is 0 Å². The maximum absolute atomic E-state index is 9.91. The molecule has 3 N–H and O–H groups in total. The highest BCUT2D eigenvalue weighted by atomic mass is 16.5. The Kier molecular flexibility index (Phi) is 2.82. The van der Waals surface area contributed by atoms with Crippen LogP contribution in [0.3, 0.4) is 0 Å². The molecular weight excluding hydrogens is 204 g/mol. The first-order valence-corrected chi connectivity index (χ1v) is 5.31. The molecule has 0 fully saturated rings. The second kappa shape index (κ2) is 4.12. The fourth-order valence-electron chi connectivity index (χ4n) is 1.96. The number of benzene rings is 1. The van der Waals surface area contributed by atoms with Crippen LogP contribution in [0.25, 0.3) is 0 Å². The van der Waals surface area contributed by atoms with Crippen molar-refractivity contribution in [1.29, 1.82) is 5.26 Å². The van der Waals surface area contributed by atoms with Gasteiger partial charge in [0.15, 0.2) is 0 Å². The fraction of sp³-hybridized carbons (Fsp3) is 0.417. The molecule has 3 atom stereocenters. The van der Waals surface area contributed by atoms with E-state index in [1.165, 1.54) is 0 Å². The highest BCUT2D eigenvalue weighted by Crippen LogP contribution is 2.34. The highest BCUT2D eigenvalue weighted by Gasteiger charge is 2.33. The molecule has 1 aliphatic heterocycles. The Hall–Kier alpha value is -1.57. The number of nitriles is 1. The predicted molar refractivity (Wildman–Crippen MR) is 58.8 cm³/mol. The van der Waals surface area contributed by atoms with Crippen molar-refractivity contribution >= 4 is 0 Å². The van der Waals surface area contributed by atoms with Crippen LogP contribution in [0.15, 0.2) is 18.2 Å². The van der Waals surface area contributed by atoms with Crippen molar-refractivity contribution in [3.05, 3.63) is 29.3 Å². The summed E-state index contributed by atoms with van der Waals surface area (Å²) in [6.45, 7) is 1.94. The van der Waals surface area contributed by atoms with E-state index < -0.39 is 12.1 Å². The quantitative estimate of drug-likeness (QED) is 0.739. The molecule has 0 aromatic heterocycles. The second-order valence-electron chi connectivity index (χ2n) is 3.95. The van der Waals surface area contributed by atoms with E-state index in [9.17, 15) is 5.11 Å². The van der Waals surface area contributed by atoms with Gasteiger partial charge in [0.1, 0.15) is 18.0 Å². The lowest BCUT2D eigenvalue weighted by atomic mass is 9.92. The standard InChI is InChI=1S/C12H14N2O2/c1-2-9-12(15)11(14)8-5-7(6-13)3-4-10(8)16-9/h3-5,9,11-12,15H,2,14H2,1H3/t9-,11?,12-/m0/s1. The summed E-state index contributed by atoms with van der Waals surface area (Å²) in [6.07, 6.45) is -0.282.